The average molecular weight is 269 g/mol. The van der Waals surface area contributed by atoms with Gasteiger partial charge in [-0.05, 0) is 32.6 Å². The van der Waals surface area contributed by atoms with Crippen molar-refractivity contribution in [1.82, 2.24) is 5.32 Å². The van der Waals surface area contributed by atoms with E-state index in [-0.39, 0.29) is 17.9 Å². The number of nitrogens with one attached hydrogen (secondary N) is 1. The second-order valence-corrected chi connectivity index (χ2v) is 6.23. The highest BCUT2D eigenvalue weighted by atomic mass is 16.5. The molecule has 2 rings (SSSR count). The Morgan fingerprint density at radius 1 is 1.21 bits per heavy atom. The van der Waals surface area contributed by atoms with Crippen molar-refractivity contribution in [2.45, 2.75) is 57.4 Å². The predicted molar refractivity (Wildman–Crippen MR) is 69.8 cm³/mol. The van der Waals surface area contributed by atoms with Crippen LogP contribution >= 0.6 is 0 Å². The van der Waals surface area contributed by atoms with E-state index in [0.29, 0.717) is 19.4 Å². The van der Waals surface area contributed by atoms with E-state index in [2.05, 4.69) is 5.32 Å². The molecule has 19 heavy (non-hydrogen) atoms. The Bertz CT molecular complexity index is 354. The molecule has 1 amide bonds. The zero-order chi connectivity index (χ0) is 13.9. The third kappa shape index (κ3) is 3.26. The number of amides is 1. The molecule has 0 aromatic carbocycles. The van der Waals surface area contributed by atoms with Crippen LogP contribution in [0.15, 0.2) is 0 Å². The summed E-state index contributed by atoms with van der Waals surface area (Å²) in [6.07, 6.45) is 4.95. The first-order valence-corrected chi connectivity index (χ1v) is 7.08. The molecule has 1 unspecified atom stereocenters. The van der Waals surface area contributed by atoms with Gasteiger partial charge in [-0.3, -0.25) is 9.59 Å². The molecule has 2 aliphatic rings. The van der Waals surface area contributed by atoms with Crippen molar-refractivity contribution >= 4 is 11.9 Å². The second-order valence-electron chi connectivity index (χ2n) is 6.23. The molecule has 0 bridgehead atoms. The van der Waals surface area contributed by atoms with Crippen LogP contribution in [0, 0.1) is 5.41 Å². The first-order valence-electron chi connectivity index (χ1n) is 7.08. The lowest BCUT2D eigenvalue weighted by atomic mass is 9.82. The van der Waals surface area contributed by atoms with Gasteiger partial charge in [-0.2, -0.15) is 0 Å². The van der Waals surface area contributed by atoms with Crippen LogP contribution < -0.4 is 5.32 Å². The molecule has 0 aromatic rings. The number of carboxylic acids is 1. The van der Waals surface area contributed by atoms with E-state index in [0.717, 1.165) is 32.3 Å². The van der Waals surface area contributed by atoms with Crippen LogP contribution in [0.5, 0.6) is 0 Å². The van der Waals surface area contributed by atoms with E-state index in [1.54, 1.807) is 0 Å². The number of carbonyl (C=O) groups is 2. The Morgan fingerprint density at radius 2 is 1.89 bits per heavy atom. The van der Waals surface area contributed by atoms with Crippen LogP contribution in [0.3, 0.4) is 0 Å². The van der Waals surface area contributed by atoms with E-state index < -0.39 is 11.4 Å². The number of ether oxygens (including phenoxy) is 1. The van der Waals surface area contributed by atoms with Crippen molar-refractivity contribution in [3.63, 3.8) is 0 Å². The molecule has 0 radical (unpaired) electrons. The van der Waals surface area contributed by atoms with Gasteiger partial charge in [0.25, 0.3) is 0 Å². The number of aliphatic carboxylic acids is 1. The number of hydrogen-bond acceptors (Lipinski definition) is 3. The second kappa shape index (κ2) is 5.49. The molecule has 1 heterocycles. The quantitative estimate of drug-likeness (QED) is 0.814. The number of carboxylic acid groups (broad SMARTS) is 1. The summed E-state index contributed by atoms with van der Waals surface area (Å²) in [5, 5.41) is 12.4. The van der Waals surface area contributed by atoms with E-state index in [9.17, 15) is 14.7 Å². The highest BCUT2D eigenvalue weighted by Gasteiger charge is 2.43. The van der Waals surface area contributed by atoms with Gasteiger partial charge in [-0.15, -0.1) is 0 Å². The number of hydrogen-bond donors (Lipinski definition) is 2. The van der Waals surface area contributed by atoms with Crippen LogP contribution in [0.2, 0.25) is 0 Å². The van der Waals surface area contributed by atoms with Crippen LogP contribution in [0.1, 0.15) is 51.9 Å². The van der Waals surface area contributed by atoms with Gasteiger partial charge in [0.1, 0.15) is 0 Å². The molecule has 1 atom stereocenters. The SMILES string of the molecule is CC1(NC(=O)CC2(C(=O)O)CCCC2)CCCOC1. The van der Waals surface area contributed by atoms with E-state index >= 15 is 0 Å². The van der Waals surface area contributed by atoms with Gasteiger partial charge in [0.15, 0.2) is 0 Å². The first kappa shape index (κ1) is 14.3. The zero-order valence-electron chi connectivity index (χ0n) is 11.5. The minimum Gasteiger partial charge on any atom is -0.481 e. The van der Waals surface area contributed by atoms with Gasteiger partial charge in [-0.1, -0.05) is 12.8 Å². The summed E-state index contributed by atoms with van der Waals surface area (Å²) < 4.78 is 5.40. The van der Waals surface area contributed by atoms with E-state index in [1.807, 2.05) is 6.92 Å². The fourth-order valence-electron chi connectivity index (χ4n) is 3.24. The molecule has 108 valence electrons. The first-order chi connectivity index (χ1) is 8.96. The normalized spacial score (nSPS) is 29.9. The van der Waals surface area contributed by atoms with Gasteiger partial charge >= 0.3 is 5.97 Å². The molecule has 1 aliphatic heterocycles. The van der Waals surface area contributed by atoms with Gasteiger partial charge in [0.05, 0.1) is 17.6 Å². The van der Waals surface area contributed by atoms with Crippen molar-refractivity contribution in [3.05, 3.63) is 0 Å². The molecule has 2 fully saturated rings. The highest BCUT2D eigenvalue weighted by Crippen LogP contribution is 2.41. The number of rotatable bonds is 4. The van der Waals surface area contributed by atoms with Gasteiger partial charge < -0.3 is 15.2 Å². The lowest BCUT2D eigenvalue weighted by molar-refractivity contribution is -0.152. The molecule has 1 aliphatic carbocycles. The molecular weight excluding hydrogens is 246 g/mol. The molecule has 0 spiro atoms. The third-order valence-electron chi connectivity index (χ3n) is 4.39. The van der Waals surface area contributed by atoms with Crippen LogP contribution in [0.4, 0.5) is 0 Å². The fourth-order valence-corrected chi connectivity index (χ4v) is 3.24. The Kier molecular flexibility index (Phi) is 4.13. The maximum atomic E-state index is 12.2. The summed E-state index contributed by atoms with van der Waals surface area (Å²) >= 11 is 0. The molecule has 0 aromatic heterocycles. The van der Waals surface area contributed by atoms with Crippen molar-refractivity contribution in [3.8, 4) is 0 Å². The van der Waals surface area contributed by atoms with Crippen LogP contribution in [-0.4, -0.2) is 35.7 Å². The topological polar surface area (TPSA) is 75.6 Å². The fraction of sp³-hybridized carbons (Fsp3) is 0.857. The Hall–Kier alpha value is -1.10. The van der Waals surface area contributed by atoms with Crippen molar-refractivity contribution in [2.24, 2.45) is 5.41 Å². The summed E-state index contributed by atoms with van der Waals surface area (Å²) in [6, 6.07) is 0. The molecule has 2 N–H and O–H groups in total. The Balaban J connectivity index is 1.94. The maximum absolute atomic E-state index is 12.2. The van der Waals surface area contributed by atoms with Crippen LogP contribution in [0.25, 0.3) is 0 Å². The van der Waals surface area contributed by atoms with Crippen LogP contribution in [-0.2, 0) is 14.3 Å². The van der Waals surface area contributed by atoms with E-state index in [1.165, 1.54) is 0 Å². The maximum Gasteiger partial charge on any atom is 0.310 e. The molecule has 1 saturated heterocycles. The van der Waals surface area contributed by atoms with Crippen molar-refractivity contribution in [2.75, 3.05) is 13.2 Å². The minimum atomic E-state index is -0.837. The summed E-state index contributed by atoms with van der Waals surface area (Å²) in [7, 11) is 0. The number of carbonyl (C=O) groups excluding carboxylic acids is 1. The standard InChI is InChI=1S/C14H23NO4/c1-13(5-4-8-19-10-13)15-11(16)9-14(12(17)18)6-2-3-7-14/h2-10H2,1H3,(H,15,16)(H,17,18). The summed E-state index contributed by atoms with van der Waals surface area (Å²) in [6.45, 7) is 3.22. The molecule has 5 nitrogen and oxygen atoms in total. The Labute approximate surface area is 113 Å². The average Bonchev–Trinajstić information content (AvgIpc) is 2.78. The van der Waals surface area contributed by atoms with Crippen molar-refractivity contribution in [1.29, 1.82) is 0 Å². The van der Waals surface area contributed by atoms with Crippen molar-refractivity contribution < 1.29 is 19.4 Å². The van der Waals surface area contributed by atoms with E-state index in [4.69, 9.17) is 4.74 Å². The highest BCUT2D eigenvalue weighted by molar-refractivity contribution is 5.85. The zero-order valence-corrected chi connectivity index (χ0v) is 11.5. The minimum absolute atomic E-state index is 0.0952. The lowest BCUT2D eigenvalue weighted by Crippen LogP contribution is -2.52. The molecular formula is C14H23NO4. The molecule has 5 heteroatoms. The predicted octanol–water partition coefficient (Wildman–Crippen LogP) is 1.71. The van der Waals surface area contributed by atoms with Gasteiger partial charge in [0, 0.05) is 13.0 Å². The monoisotopic (exact) mass is 269 g/mol. The molecule has 1 saturated carbocycles. The third-order valence-corrected chi connectivity index (χ3v) is 4.39. The summed E-state index contributed by atoms with van der Waals surface area (Å²) in [5.41, 5.74) is -1.18. The van der Waals surface area contributed by atoms with Gasteiger partial charge in [0.2, 0.25) is 5.91 Å². The smallest absolute Gasteiger partial charge is 0.310 e. The van der Waals surface area contributed by atoms with Gasteiger partial charge in [-0.25, -0.2) is 0 Å². The lowest BCUT2D eigenvalue weighted by Gasteiger charge is -2.35. The Morgan fingerprint density at radius 3 is 2.42 bits per heavy atom. The largest absolute Gasteiger partial charge is 0.481 e. The summed E-state index contributed by atoms with van der Waals surface area (Å²) in [4.78, 5) is 23.6. The summed E-state index contributed by atoms with van der Waals surface area (Å²) in [5.74, 6) is -0.984.